The summed E-state index contributed by atoms with van der Waals surface area (Å²) in [7, 11) is 0. The number of anilines is 4. The molecule has 3 aromatic rings. The highest BCUT2D eigenvalue weighted by Crippen LogP contribution is 2.23. The lowest BCUT2D eigenvalue weighted by atomic mass is 10.1. The summed E-state index contributed by atoms with van der Waals surface area (Å²) in [6.45, 7) is 6.34. The van der Waals surface area contributed by atoms with Crippen molar-refractivity contribution in [3.63, 3.8) is 0 Å². The third kappa shape index (κ3) is 4.13. The molecule has 0 heterocycles. The summed E-state index contributed by atoms with van der Waals surface area (Å²) >= 11 is 0. The summed E-state index contributed by atoms with van der Waals surface area (Å²) in [6, 6.07) is 23.2. The number of rotatable bonds is 4. The Bertz CT molecular complexity index is 784. The van der Waals surface area contributed by atoms with E-state index in [1.165, 1.54) is 16.7 Å². The molecule has 0 aliphatic rings. The molecule has 3 rings (SSSR count). The maximum Gasteiger partial charge on any atom is 0.0389 e. The summed E-state index contributed by atoms with van der Waals surface area (Å²) < 4.78 is 0. The van der Waals surface area contributed by atoms with Gasteiger partial charge in [-0.05, 0) is 86.0 Å². The highest BCUT2D eigenvalue weighted by atomic mass is 14.9. The molecule has 0 aromatic heterocycles. The molecule has 0 aliphatic heterocycles. The molecule has 2 nitrogen and oxygen atoms in total. The van der Waals surface area contributed by atoms with Gasteiger partial charge in [-0.3, -0.25) is 0 Å². The van der Waals surface area contributed by atoms with Gasteiger partial charge in [0.2, 0.25) is 0 Å². The fourth-order valence-electron chi connectivity index (χ4n) is 2.74. The van der Waals surface area contributed by atoms with Gasteiger partial charge in [0.1, 0.15) is 0 Å². The first-order valence-electron chi connectivity index (χ1n) is 7.87. The maximum absolute atomic E-state index is 3.46. The van der Waals surface area contributed by atoms with Crippen molar-refractivity contribution in [1.29, 1.82) is 0 Å². The van der Waals surface area contributed by atoms with E-state index in [0.29, 0.717) is 0 Å². The first kappa shape index (κ1) is 15.2. The molecule has 0 aliphatic carbocycles. The molecular weight excluding hydrogens is 280 g/mol. The topological polar surface area (TPSA) is 24.1 Å². The van der Waals surface area contributed by atoms with Crippen molar-refractivity contribution in [2.75, 3.05) is 10.6 Å². The van der Waals surface area contributed by atoms with Crippen LogP contribution in [-0.4, -0.2) is 0 Å². The van der Waals surface area contributed by atoms with Crippen LogP contribution >= 0.6 is 0 Å². The molecule has 0 fully saturated rings. The Kier molecular flexibility index (Phi) is 4.33. The molecule has 0 amide bonds. The lowest BCUT2D eigenvalue weighted by molar-refractivity contribution is 1.37. The van der Waals surface area contributed by atoms with E-state index in [-0.39, 0.29) is 0 Å². The average molecular weight is 302 g/mol. The van der Waals surface area contributed by atoms with Gasteiger partial charge in [0, 0.05) is 22.7 Å². The molecule has 0 atom stereocenters. The minimum Gasteiger partial charge on any atom is -0.356 e. The fraction of sp³-hybridized carbons (Fsp3) is 0.143. The lowest BCUT2D eigenvalue weighted by Crippen LogP contribution is -1.93. The van der Waals surface area contributed by atoms with Crippen molar-refractivity contribution < 1.29 is 0 Å². The van der Waals surface area contributed by atoms with Crippen LogP contribution in [0.3, 0.4) is 0 Å². The summed E-state index contributed by atoms with van der Waals surface area (Å²) in [5.74, 6) is 0. The van der Waals surface area contributed by atoms with Crippen LogP contribution in [0.25, 0.3) is 0 Å². The molecular formula is C21H22N2. The van der Waals surface area contributed by atoms with E-state index in [1.54, 1.807) is 0 Å². The second-order valence-electron chi connectivity index (χ2n) is 6.07. The number of hydrogen-bond donors (Lipinski definition) is 2. The molecule has 2 heteroatoms. The van der Waals surface area contributed by atoms with E-state index < -0.39 is 0 Å². The maximum atomic E-state index is 3.46. The molecule has 0 saturated carbocycles. The zero-order valence-corrected chi connectivity index (χ0v) is 13.9. The van der Waals surface area contributed by atoms with E-state index in [0.717, 1.165) is 22.7 Å². The summed E-state index contributed by atoms with van der Waals surface area (Å²) in [4.78, 5) is 0. The molecule has 2 N–H and O–H groups in total. The Balaban J connectivity index is 1.71. The summed E-state index contributed by atoms with van der Waals surface area (Å²) in [6.07, 6.45) is 0. The minimum absolute atomic E-state index is 1.08. The van der Waals surface area contributed by atoms with Gasteiger partial charge in [0.05, 0.1) is 0 Å². The molecule has 116 valence electrons. The molecule has 0 bridgehead atoms. The van der Waals surface area contributed by atoms with Gasteiger partial charge in [0.15, 0.2) is 0 Å². The lowest BCUT2D eigenvalue weighted by Gasteiger charge is -2.11. The Labute approximate surface area is 138 Å². The van der Waals surface area contributed by atoms with Crippen LogP contribution in [-0.2, 0) is 0 Å². The minimum atomic E-state index is 1.08. The van der Waals surface area contributed by atoms with Gasteiger partial charge in [-0.1, -0.05) is 18.2 Å². The Morgan fingerprint density at radius 1 is 0.478 bits per heavy atom. The van der Waals surface area contributed by atoms with E-state index in [2.05, 4.69) is 98.1 Å². The van der Waals surface area contributed by atoms with Gasteiger partial charge in [-0.15, -0.1) is 0 Å². The normalized spacial score (nSPS) is 10.4. The summed E-state index contributed by atoms with van der Waals surface area (Å²) in [5, 5.41) is 6.88. The molecule has 0 saturated heterocycles. The van der Waals surface area contributed by atoms with E-state index in [1.807, 2.05) is 0 Å². The molecule has 0 spiro atoms. The van der Waals surface area contributed by atoms with Crippen molar-refractivity contribution in [1.82, 2.24) is 0 Å². The van der Waals surface area contributed by atoms with Crippen LogP contribution < -0.4 is 10.6 Å². The van der Waals surface area contributed by atoms with Crippen LogP contribution in [0.15, 0.2) is 66.7 Å². The summed E-state index contributed by atoms with van der Waals surface area (Å²) in [5.41, 5.74) is 8.20. The van der Waals surface area contributed by atoms with Crippen LogP contribution in [0.2, 0.25) is 0 Å². The number of benzene rings is 3. The highest BCUT2D eigenvalue weighted by Gasteiger charge is 1.99. The van der Waals surface area contributed by atoms with Crippen molar-refractivity contribution >= 4 is 22.7 Å². The Morgan fingerprint density at radius 2 is 1.00 bits per heavy atom. The number of aryl methyl sites for hydroxylation is 3. The van der Waals surface area contributed by atoms with E-state index in [4.69, 9.17) is 0 Å². The third-order valence-corrected chi connectivity index (χ3v) is 3.70. The smallest absolute Gasteiger partial charge is 0.0389 e. The third-order valence-electron chi connectivity index (χ3n) is 3.70. The van der Waals surface area contributed by atoms with Crippen LogP contribution in [0.5, 0.6) is 0 Å². The molecule has 0 radical (unpaired) electrons. The fourth-order valence-corrected chi connectivity index (χ4v) is 2.74. The molecule has 23 heavy (non-hydrogen) atoms. The van der Waals surface area contributed by atoms with Crippen molar-refractivity contribution in [2.24, 2.45) is 0 Å². The average Bonchev–Trinajstić information content (AvgIpc) is 2.48. The predicted octanol–water partition coefficient (Wildman–Crippen LogP) is 6.10. The second-order valence-corrected chi connectivity index (χ2v) is 6.07. The predicted molar refractivity (Wildman–Crippen MR) is 100 cm³/mol. The van der Waals surface area contributed by atoms with E-state index >= 15 is 0 Å². The van der Waals surface area contributed by atoms with Crippen LogP contribution in [0, 0.1) is 20.8 Å². The monoisotopic (exact) mass is 302 g/mol. The molecule has 3 aromatic carbocycles. The quantitative estimate of drug-likeness (QED) is 0.608. The number of nitrogens with one attached hydrogen (secondary N) is 2. The Morgan fingerprint density at radius 3 is 1.57 bits per heavy atom. The van der Waals surface area contributed by atoms with Crippen molar-refractivity contribution in [2.45, 2.75) is 20.8 Å². The van der Waals surface area contributed by atoms with Crippen LogP contribution in [0.1, 0.15) is 16.7 Å². The number of hydrogen-bond acceptors (Lipinski definition) is 2. The van der Waals surface area contributed by atoms with Gasteiger partial charge < -0.3 is 10.6 Å². The van der Waals surface area contributed by atoms with E-state index in [9.17, 15) is 0 Å². The molecule has 0 unspecified atom stereocenters. The Hall–Kier alpha value is -2.74. The highest BCUT2D eigenvalue weighted by molar-refractivity contribution is 5.66. The van der Waals surface area contributed by atoms with Gasteiger partial charge in [-0.2, -0.15) is 0 Å². The van der Waals surface area contributed by atoms with Crippen molar-refractivity contribution in [3.05, 3.63) is 83.4 Å². The van der Waals surface area contributed by atoms with Crippen molar-refractivity contribution in [3.8, 4) is 0 Å². The first-order chi connectivity index (χ1) is 11.1. The van der Waals surface area contributed by atoms with Crippen LogP contribution in [0.4, 0.5) is 22.7 Å². The first-order valence-corrected chi connectivity index (χ1v) is 7.87. The second kappa shape index (κ2) is 6.57. The van der Waals surface area contributed by atoms with Gasteiger partial charge in [-0.25, -0.2) is 0 Å². The zero-order chi connectivity index (χ0) is 16.2. The van der Waals surface area contributed by atoms with Gasteiger partial charge >= 0.3 is 0 Å². The zero-order valence-electron chi connectivity index (χ0n) is 13.9. The standard InChI is InChI=1S/C21H22N2/c1-15-5-4-6-20(12-15)22-18-7-9-19(10-8-18)23-21-13-16(2)11-17(3)14-21/h4-14,22-23H,1-3H3. The van der Waals surface area contributed by atoms with Gasteiger partial charge in [0.25, 0.3) is 0 Å². The largest absolute Gasteiger partial charge is 0.356 e. The SMILES string of the molecule is Cc1cccc(Nc2ccc(Nc3cc(C)cc(C)c3)cc2)c1.